The highest BCUT2D eigenvalue weighted by molar-refractivity contribution is 5.96. The first-order chi connectivity index (χ1) is 21.3. The van der Waals surface area contributed by atoms with Crippen LogP contribution in [0.3, 0.4) is 0 Å². The molecule has 5 rings (SSSR count). The molecular formula is C32H38F2N8O2. The van der Waals surface area contributed by atoms with Gasteiger partial charge in [-0.05, 0) is 56.9 Å². The van der Waals surface area contributed by atoms with Crippen LogP contribution in [-0.4, -0.2) is 94.9 Å². The van der Waals surface area contributed by atoms with Crippen LogP contribution in [0.15, 0.2) is 48.9 Å². The molecule has 0 bridgehead atoms. The molecule has 1 N–H and O–H groups in total. The molecule has 232 valence electrons. The van der Waals surface area contributed by atoms with Crippen molar-refractivity contribution < 1.29 is 18.3 Å². The molecule has 2 aromatic heterocycles. The first-order valence-corrected chi connectivity index (χ1v) is 14.6. The Morgan fingerprint density at radius 3 is 2.52 bits per heavy atom. The number of aryl methyl sites for hydroxylation is 1. The van der Waals surface area contributed by atoms with Crippen LogP contribution in [0.2, 0.25) is 0 Å². The van der Waals surface area contributed by atoms with Crippen LogP contribution < -0.4 is 10.1 Å². The number of rotatable bonds is 9. The van der Waals surface area contributed by atoms with Crippen molar-refractivity contribution >= 4 is 23.1 Å². The second-order valence-electron chi connectivity index (χ2n) is 10.4. The molecule has 1 saturated heterocycles. The first-order valence-electron chi connectivity index (χ1n) is 14.6. The van der Waals surface area contributed by atoms with Gasteiger partial charge in [-0.3, -0.25) is 14.1 Å². The van der Waals surface area contributed by atoms with Crippen LogP contribution in [-0.2, 0) is 0 Å². The summed E-state index contributed by atoms with van der Waals surface area (Å²) in [5.74, 6) is -2.20. The standard InChI is InChI=1S/C30H32F2N8O2.C2H6/c1-20-18-21(4-5-22(20)30(41)39-15-13-38(14-16-39)12-11-37(2)3)36-28-29-35-19-24(40(29)10-9-34-28)23-6-7-25(42-17-8-33)27(32)26(23)31;1-2/h4-7,9-10,18-19H,11-17H2,1-3H3,(H,34,36);1-2H3. The van der Waals surface area contributed by atoms with E-state index in [2.05, 4.69) is 39.2 Å². The summed E-state index contributed by atoms with van der Waals surface area (Å²) in [6.45, 7) is 10.6. The summed E-state index contributed by atoms with van der Waals surface area (Å²) in [5, 5.41) is 11.9. The molecule has 1 fully saturated rings. The number of halogens is 2. The van der Waals surface area contributed by atoms with Gasteiger partial charge in [-0.25, -0.2) is 14.4 Å². The van der Waals surface area contributed by atoms with Crippen molar-refractivity contribution in [3.05, 3.63) is 71.7 Å². The molecule has 0 radical (unpaired) electrons. The largest absolute Gasteiger partial charge is 0.476 e. The van der Waals surface area contributed by atoms with Gasteiger partial charge in [0.05, 0.1) is 11.9 Å². The molecule has 2 aromatic carbocycles. The predicted octanol–water partition coefficient (Wildman–Crippen LogP) is 4.97. The van der Waals surface area contributed by atoms with Crippen molar-refractivity contribution in [1.82, 2.24) is 29.1 Å². The van der Waals surface area contributed by atoms with Crippen molar-refractivity contribution in [1.29, 1.82) is 5.26 Å². The van der Waals surface area contributed by atoms with Gasteiger partial charge in [-0.2, -0.15) is 9.65 Å². The molecule has 0 saturated carbocycles. The van der Waals surface area contributed by atoms with Gasteiger partial charge >= 0.3 is 0 Å². The van der Waals surface area contributed by atoms with Crippen LogP contribution in [0, 0.1) is 29.9 Å². The maximum atomic E-state index is 14.9. The Hall–Kier alpha value is -4.60. The predicted molar refractivity (Wildman–Crippen MR) is 166 cm³/mol. The smallest absolute Gasteiger partial charge is 0.254 e. The summed E-state index contributed by atoms with van der Waals surface area (Å²) in [4.78, 5) is 28.5. The second-order valence-corrected chi connectivity index (χ2v) is 10.4. The lowest BCUT2D eigenvalue weighted by Gasteiger charge is -2.35. The number of carbonyl (C=O) groups is 1. The number of imidazole rings is 1. The minimum absolute atomic E-state index is 0.0151. The number of amides is 1. The Balaban J connectivity index is 0.00000216. The average molecular weight is 605 g/mol. The molecule has 0 spiro atoms. The number of hydrogen-bond acceptors (Lipinski definition) is 8. The molecule has 1 aliphatic heterocycles. The van der Waals surface area contributed by atoms with Crippen molar-refractivity contribution in [2.75, 3.05) is 65.3 Å². The van der Waals surface area contributed by atoms with E-state index in [4.69, 9.17) is 10.00 Å². The number of piperazine rings is 1. The summed E-state index contributed by atoms with van der Waals surface area (Å²) in [7, 11) is 4.12. The SMILES string of the molecule is CC.Cc1cc(Nc2nccn3c(-c4ccc(OCC#N)c(F)c4F)cnc23)ccc1C(=O)N1CCN(CCN(C)C)CC1. The van der Waals surface area contributed by atoms with Gasteiger partial charge in [0.15, 0.2) is 29.6 Å². The fraction of sp³-hybridized carbons (Fsp3) is 0.375. The van der Waals surface area contributed by atoms with Crippen LogP contribution in [0.25, 0.3) is 16.9 Å². The van der Waals surface area contributed by atoms with Crippen LogP contribution in [0.5, 0.6) is 5.75 Å². The first kappa shape index (κ1) is 32.3. The maximum absolute atomic E-state index is 14.9. The van der Waals surface area contributed by atoms with E-state index in [9.17, 15) is 13.6 Å². The average Bonchev–Trinajstić information content (AvgIpc) is 3.47. The van der Waals surface area contributed by atoms with E-state index in [1.807, 2.05) is 43.9 Å². The zero-order valence-electron chi connectivity index (χ0n) is 25.8. The lowest BCUT2D eigenvalue weighted by Crippen LogP contribution is -2.50. The van der Waals surface area contributed by atoms with E-state index in [0.29, 0.717) is 41.5 Å². The van der Waals surface area contributed by atoms with Gasteiger partial charge in [-0.15, -0.1) is 0 Å². The number of hydrogen-bond donors (Lipinski definition) is 1. The zero-order valence-corrected chi connectivity index (χ0v) is 25.8. The van der Waals surface area contributed by atoms with Crippen LogP contribution >= 0.6 is 0 Å². The van der Waals surface area contributed by atoms with E-state index in [-0.39, 0.29) is 17.2 Å². The van der Waals surface area contributed by atoms with Crippen molar-refractivity contribution in [2.24, 2.45) is 0 Å². The third-order valence-electron chi connectivity index (χ3n) is 7.29. The Morgan fingerprint density at radius 1 is 1.09 bits per heavy atom. The van der Waals surface area contributed by atoms with Gasteiger partial charge in [-0.1, -0.05) is 13.8 Å². The lowest BCUT2D eigenvalue weighted by molar-refractivity contribution is 0.0629. The zero-order chi connectivity index (χ0) is 31.8. The summed E-state index contributed by atoms with van der Waals surface area (Å²) >= 11 is 0. The number of nitrogens with zero attached hydrogens (tertiary/aromatic N) is 7. The molecule has 44 heavy (non-hydrogen) atoms. The molecule has 4 aromatic rings. The van der Waals surface area contributed by atoms with E-state index in [0.717, 1.165) is 31.7 Å². The number of fused-ring (bicyclic) bond motifs is 1. The molecule has 3 heterocycles. The van der Waals surface area contributed by atoms with Gasteiger partial charge in [0, 0.05) is 68.5 Å². The highest BCUT2D eigenvalue weighted by Gasteiger charge is 2.24. The topological polar surface area (TPSA) is 102 Å². The monoisotopic (exact) mass is 604 g/mol. The summed E-state index contributed by atoms with van der Waals surface area (Å²) < 4.78 is 36.1. The normalized spacial score (nSPS) is 13.4. The van der Waals surface area contributed by atoms with Gasteiger partial charge in [0.2, 0.25) is 5.82 Å². The minimum atomic E-state index is -1.18. The molecule has 10 nitrogen and oxygen atoms in total. The molecule has 1 amide bonds. The van der Waals surface area contributed by atoms with E-state index >= 15 is 0 Å². The molecule has 12 heteroatoms. The fourth-order valence-corrected chi connectivity index (χ4v) is 4.96. The third kappa shape index (κ3) is 7.12. The highest BCUT2D eigenvalue weighted by atomic mass is 19.2. The minimum Gasteiger partial charge on any atom is -0.476 e. The number of nitriles is 1. The number of nitrogens with one attached hydrogen (secondary N) is 1. The molecule has 0 atom stereocenters. The maximum Gasteiger partial charge on any atom is 0.254 e. The van der Waals surface area contributed by atoms with Crippen LogP contribution in [0.1, 0.15) is 29.8 Å². The fourth-order valence-electron chi connectivity index (χ4n) is 4.96. The van der Waals surface area contributed by atoms with Crippen molar-refractivity contribution in [2.45, 2.75) is 20.8 Å². The second kappa shape index (κ2) is 14.7. The number of benzene rings is 2. The highest BCUT2D eigenvalue weighted by Crippen LogP contribution is 2.32. The molecule has 0 aliphatic carbocycles. The van der Waals surface area contributed by atoms with Crippen molar-refractivity contribution in [3.63, 3.8) is 0 Å². The van der Waals surface area contributed by atoms with Crippen LogP contribution in [0.4, 0.5) is 20.3 Å². The van der Waals surface area contributed by atoms with Gasteiger partial charge in [0.1, 0.15) is 6.07 Å². The number of ether oxygens (including phenoxy) is 1. The number of anilines is 2. The van der Waals surface area contributed by atoms with Gasteiger partial charge in [0.25, 0.3) is 5.91 Å². The molecular weight excluding hydrogens is 566 g/mol. The van der Waals surface area contributed by atoms with E-state index < -0.39 is 18.2 Å². The van der Waals surface area contributed by atoms with Gasteiger partial charge < -0.3 is 19.9 Å². The summed E-state index contributed by atoms with van der Waals surface area (Å²) in [6, 6.07) is 9.89. The quantitative estimate of drug-likeness (QED) is 0.286. The Bertz CT molecular complexity index is 1640. The summed E-state index contributed by atoms with van der Waals surface area (Å²) in [6.07, 6.45) is 4.57. The molecule has 1 aliphatic rings. The Kier molecular flexibility index (Phi) is 10.8. The lowest BCUT2D eigenvalue weighted by atomic mass is 10.1. The Labute approximate surface area is 256 Å². The van der Waals surface area contributed by atoms with E-state index in [1.165, 1.54) is 24.5 Å². The number of carbonyl (C=O) groups excluding carboxylic acids is 1. The summed E-state index contributed by atoms with van der Waals surface area (Å²) in [5.41, 5.74) is 2.89. The van der Waals surface area contributed by atoms with Crippen molar-refractivity contribution in [3.8, 4) is 23.1 Å². The molecule has 0 unspecified atom stereocenters. The number of aromatic nitrogens is 3. The Morgan fingerprint density at radius 2 is 1.84 bits per heavy atom. The third-order valence-corrected chi connectivity index (χ3v) is 7.29. The van der Waals surface area contributed by atoms with E-state index in [1.54, 1.807) is 16.7 Å². The number of likely N-dealkylation sites (N-methyl/N-ethyl adjacent to an activating group) is 1.